The van der Waals surface area contributed by atoms with E-state index in [9.17, 15) is 45.6 Å². The fraction of sp³-hybridized carbons (Fsp3) is 0.444. The van der Waals surface area contributed by atoms with Crippen molar-refractivity contribution in [1.82, 2.24) is 0 Å². The molecule has 3 aliphatic rings. The van der Waals surface area contributed by atoms with Crippen molar-refractivity contribution in [3.63, 3.8) is 0 Å². The van der Waals surface area contributed by atoms with Gasteiger partial charge in [0.2, 0.25) is 12.1 Å². The third-order valence-corrected chi connectivity index (χ3v) is 7.06. The van der Waals surface area contributed by atoms with Crippen LogP contribution in [0.2, 0.25) is 0 Å². The molecule has 2 aromatic rings. The number of fused-ring (bicyclic) bond motifs is 1. The van der Waals surface area contributed by atoms with Gasteiger partial charge < -0.3 is 64.5 Å². The highest BCUT2D eigenvalue weighted by molar-refractivity contribution is 6.16. The maximum absolute atomic E-state index is 13.2. The van der Waals surface area contributed by atoms with E-state index < -0.39 is 73.8 Å². The van der Waals surface area contributed by atoms with E-state index in [1.54, 1.807) is 12.1 Å². The lowest BCUT2D eigenvalue weighted by atomic mass is 9.98. The lowest BCUT2D eigenvalue weighted by molar-refractivity contribution is -0.318. The Bertz CT molecular complexity index is 1300. The van der Waals surface area contributed by atoms with E-state index in [1.807, 2.05) is 0 Å². The van der Waals surface area contributed by atoms with Crippen LogP contribution >= 0.6 is 0 Å². The third kappa shape index (κ3) is 5.74. The molecule has 3 heterocycles. The molecule has 0 radical (unpaired) electrons. The second-order valence-corrected chi connectivity index (χ2v) is 10.00. The highest BCUT2D eigenvalue weighted by Gasteiger charge is 2.48. The molecule has 0 amide bonds. The van der Waals surface area contributed by atoms with Crippen LogP contribution in [0.3, 0.4) is 0 Å². The Kier molecular flexibility index (Phi) is 8.20. The summed E-state index contributed by atoms with van der Waals surface area (Å²) >= 11 is 0. The summed E-state index contributed by atoms with van der Waals surface area (Å²) in [7, 11) is 0. The Morgan fingerprint density at radius 1 is 0.805 bits per heavy atom. The summed E-state index contributed by atoms with van der Waals surface area (Å²) in [5.74, 6) is -1.33. The van der Waals surface area contributed by atoms with Crippen molar-refractivity contribution in [2.45, 2.75) is 68.3 Å². The molecule has 8 N–H and O–H groups in total. The molecule has 14 heteroatoms. The first-order valence-electron chi connectivity index (χ1n) is 12.7. The fourth-order valence-corrected chi connectivity index (χ4v) is 4.70. The monoisotopic (exact) mass is 578 g/mol. The Hall–Kier alpha value is -3.31. The van der Waals surface area contributed by atoms with Gasteiger partial charge in [0.05, 0.1) is 12.7 Å². The van der Waals surface area contributed by atoms with Gasteiger partial charge in [-0.1, -0.05) is 12.1 Å². The van der Waals surface area contributed by atoms with Gasteiger partial charge in [-0.2, -0.15) is 0 Å². The van der Waals surface area contributed by atoms with Gasteiger partial charge >= 0.3 is 0 Å². The summed E-state index contributed by atoms with van der Waals surface area (Å²) in [6, 6.07) is 8.23. The number of hydrogen-bond acceptors (Lipinski definition) is 14. The SMILES string of the molecule is C[C@@H]1O[C@H](OC[C@@H]2O[C@H](Oc3cc(O)cc4c3C(=O)/C(=C\c3ccc(O)cc3)O4)[C@@H](O)[C@H](O)[C@H]2O)[C@@H](O)[C@H](O)[C@H]1O. The zero-order chi connectivity index (χ0) is 29.6. The fourth-order valence-electron chi connectivity index (χ4n) is 4.70. The molecule has 0 unspecified atom stereocenters. The first kappa shape index (κ1) is 29.2. The average molecular weight is 579 g/mol. The zero-order valence-electron chi connectivity index (χ0n) is 21.5. The van der Waals surface area contributed by atoms with Gasteiger partial charge in [-0.25, -0.2) is 0 Å². The largest absolute Gasteiger partial charge is 0.508 e. The van der Waals surface area contributed by atoms with E-state index in [-0.39, 0.29) is 34.3 Å². The number of aliphatic hydroxyl groups is 6. The molecular weight excluding hydrogens is 548 g/mol. The van der Waals surface area contributed by atoms with Crippen molar-refractivity contribution in [3.8, 4) is 23.0 Å². The van der Waals surface area contributed by atoms with Crippen LogP contribution in [0.5, 0.6) is 23.0 Å². The van der Waals surface area contributed by atoms with Crippen molar-refractivity contribution >= 4 is 11.9 Å². The standard InChI is InChI=1S/C27H30O14/c1-10-19(30)22(33)24(35)26(38-10)37-9-17-21(32)23(34)25(36)27(41-17)40-15-8-13(29)7-14-18(15)20(31)16(39-14)6-11-2-4-12(28)5-3-11/h2-8,10,17,19,21-30,32-36H,9H2,1H3/b16-6+/t10-,17-,19-,21-,22+,23+,24-,25-,26-,27-/m0/s1. The Morgan fingerprint density at radius 3 is 2.17 bits per heavy atom. The number of rotatable bonds is 6. The summed E-state index contributed by atoms with van der Waals surface area (Å²) in [5.41, 5.74) is 0.442. The van der Waals surface area contributed by atoms with E-state index in [0.717, 1.165) is 6.07 Å². The summed E-state index contributed by atoms with van der Waals surface area (Å²) in [4.78, 5) is 13.2. The molecule has 222 valence electrons. The molecule has 5 rings (SSSR count). The minimum absolute atomic E-state index is 0.0326. The van der Waals surface area contributed by atoms with Crippen LogP contribution < -0.4 is 9.47 Å². The smallest absolute Gasteiger partial charge is 0.235 e. The van der Waals surface area contributed by atoms with Gasteiger partial charge in [-0.3, -0.25) is 4.79 Å². The van der Waals surface area contributed by atoms with Gasteiger partial charge in [0.1, 0.15) is 71.3 Å². The molecule has 14 nitrogen and oxygen atoms in total. The zero-order valence-corrected chi connectivity index (χ0v) is 21.5. The number of Topliss-reactive ketones (excluding diaryl/α,β-unsaturated/α-hetero) is 1. The third-order valence-electron chi connectivity index (χ3n) is 7.06. The highest BCUT2D eigenvalue weighted by atomic mass is 16.7. The molecular formula is C27H30O14. The minimum atomic E-state index is -1.81. The first-order chi connectivity index (χ1) is 19.4. The Morgan fingerprint density at radius 2 is 1.46 bits per heavy atom. The van der Waals surface area contributed by atoms with E-state index in [2.05, 4.69) is 0 Å². The lowest BCUT2D eigenvalue weighted by Crippen LogP contribution is -2.61. The van der Waals surface area contributed by atoms with Crippen LogP contribution in [0.25, 0.3) is 6.08 Å². The molecule has 2 aromatic carbocycles. The molecule has 0 bridgehead atoms. The summed E-state index contributed by atoms with van der Waals surface area (Å²) < 4.78 is 27.8. The van der Waals surface area contributed by atoms with Crippen molar-refractivity contribution in [2.75, 3.05) is 6.61 Å². The second-order valence-electron chi connectivity index (χ2n) is 10.00. The Balaban J connectivity index is 1.33. The number of carbonyl (C=O) groups excluding carboxylic acids is 1. The maximum atomic E-state index is 13.2. The van der Waals surface area contributed by atoms with E-state index in [4.69, 9.17) is 23.7 Å². The van der Waals surface area contributed by atoms with Crippen LogP contribution in [-0.2, 0) is 14.2 Å². The molecule has 0 aromatic heterocycles. The highest BCUT2D eigenvalue weighted by Crippen LogP contribution is 2.42. The van der Waals surface area contributed by atoms with E-state index in [1.165, 1.54) is 31.2 Å². The number of ether oxygens (including phenoxy) is 5. The molecule has 0 spiro atoms. The van der Waals surface area contributed by atoms with Crippen molar-refractivity contribution < 1.29 is 69.3 Å². The van der Waals surface area contributed by atoms with Crippen molar-refractivity contribution in [3.05, 3.63) is 53.3 Å². The number of aliphatic hydroxyl groups excluding tert-OH is 6. The molecule has 0 saturated carbocycles. The molecule has 10 atom stereocenters. The second kappa shape index (κ2) is 11.5. The Labute approximate surface area is 232 Å². The number of phenols is 2. The lowest BCUT2D eigenvalue weighted by Gasteiger charge is -2.42. The summed E-state index contributed by atoms with van der Waals surface area (Å²) in [6.07, 6.45) is -13.7. The van der Waals surface area contributed by atoms with E-state index in [0.29, 0.717) is 5.56 Å². The summed E-state index contributed by atoms with van der Waals surface area (Å²) in [6.45, 7) is 0.942. The number of phenolic OH excluding ortho intramolecular Hbond substituents is 2. The predicted molar refractivity (Wildman–Crippen MR) is 135 cm³/mol. The van der Waals surface area contributed by atoms with Crippen molar-refractivity contribution in [2.24, 2.45) is 0 Å². The van der Waals surface area contributed by atoms with Crippen LogP contribution in [0, 0.1) is 0 Å². The van der Waals surface area contributed by atoms with Crippen LogP contribution in [0.4, 0.5) is 0 Å². The summed E-state index contributed by atoms with van der Waals surface area (Å²) in [5, 5.41) is 81.2. The topological polar surface area (TPSA) is 225 Å². The number of benzene rings is 2. The van der Waals surface area contributed by atoms with Gasteiger partial charge in [-0.15, -0.1) is 0 Å². The minimum Gasteiger partial charge on any atom is -0.508 e. The number of aromatic hydroxyl groups is 2. The number of allylic oxidation sites excluding steroid dienone is 1. The average Bonchev–Trinajstić information content (AvgIpc) is 3.25. The normalized spacial score (nSPS) is 36.2. The molecule has 0 aliphatic carbocycles. The molecule has 2 saturated heterocycles. The number of ketones is 1. The molecule has 41 heavy (non-hydrogen) atoms. The van der Waals surface area contributed by atoms with Gasteiger partial charge in [0.15, 0.2) is 12.0 Å². The van der Waals surface area contributed by atoms with E-state index >= 15 is 0 Å². The van der Waals surface area contributed by atoms with Crippen LogP contribution in [0.15, 0.2) is 42.2 Å². The predicted octanol–water partition coefficient (Wildman–Crippen LogP) is -1.26. The van der Waals surface area contributed by atoms with Gasteiger partial charge in [0, 0.05) is 12.1 Å². The van der Waals surface area contributed by atoms with Crippen LogP contribution in [0.1, 0.15) is 22.8 Å². The van der Waals surface area contributed by atoms with Crippen LogP contribution in [-0.4, -0.2) is 115 Å². The first-order valence-corrected chi connectivity index (χ1v) is 12.7. The number of hydrogen-bond donors (Lipinski definition) is 8. The van der Waals surface area contributed by atoms with Gasteiger partial charge in [-0.05, 0) is 30.7 Å². The van der Waals surface area contributed by atoms with Crippen molar-refractivity contribution in [1.29, 1.82) is 0 Å². The number of carbonyl (C=O) groups is 1. The molecule has 3 aliphatic heterocycles. The maximum Gasteiger partial charge on any atom is 0.235 e. The molecule has 2 fully saturated rings. The van der Waals surface area contributed by atoms with Gasteiger partial charge in [0.25, 0.3) is 0 Å². The quantitative estimate of drug-likeness (QED) is 0.187.